The molecule has 0 bridgehead atoms. The monoisotopic (exact) mass is 250 g/mol. The average molecular weight is 250 g/mol. The molecule has 2 rings (SSSR count). The molecular weight excluding hydrogens is 236 g/mol. The van der Waals surface area contributed by atoms with Crippen LogP contribution in [0, 0.1) is 0 Å². The van der Waals surface area contributed by atoms with Gasteiger partial charge in [-0.25, -0.2) is 4.79 Å². The van der Waals surface area contributed by atoms with Gasteiger partial charge in [0.05, 0.1) is 0 Å². The number of carboxylic acid groups (broad SMARTS) is 1. The lowest BCUT2D eigenvalue weighted by molar-refractivity contribution is 0.0619. The summed E-state index contributed by atoms with van der Waals surface area (Å²) < 4.78 is 0. The Hall–Kier alpha value is -2.31. The second-order valence-electron chi connectivity index (χ2n) is 4.04. The molecule has 18 heavy (non-hydrogen) atoms. The number of hydrogen-bond donors (Lipinski definition) is 2. The SMILES string of the molecule is Nc1ccnc(C(=O)N2CCN(C(=O)O)CC2)c1. The second-order valence-corrected chi connectivity index (χ2v) is 4.04. The number of carbonyl (C=O) groups is 2. The van der Waals surface area contributed by atoms with Crippen molar-refractivity contribution < 1.29 is 14.7 Å². The summed E-state index contributed by atoms with van der Waals surface area (Å²) in [7, 11) is 0. The van der Waals surface area contributed by atoms with Crippen molar-refractivity contribution in [3.05, 3.63) is 24.0 Å². The minimum atomic E-state index is -0.954. The highest BCUT2D eigenvalue weighted by Crippen LogP contribution is 2.09. The van der Waals surface area contributed by atoms with Crippen LogP contribution in [0.2, 0.25) is 0 Å². The summed E-state index contributed by atoms with van der Waals surface area (Å²) in [5, 5.41) is 8.81. The van der Waals surface area contributed by atoms with E-state index < -0.39 is 6.09 Å². The molecule has 1 aromatic heterocycles. The summed E-state index contributed by atoms with van der Waals surface area (Å²) >= 11 is 0. The van der Waals surface area contributed by atoms with Crippen LogP contribution in [0.15, 0.2) is 18.3 Å². The summed E-state index contributed by atoms with van der Waals surface area (Å²) in [4.78, 5) is 29.7. The Morgan fingerprint density at radius 2 is 1.83 bits per heavy atom. The van der Waals surface area contributed by atoms with Crippen LogP contribution in [0.4, 0.5) is 10.5 Å². The molecule has 0 aromatic carbocycles. The Bertz CT molecular complexity index is 469. The highest BCUT2D eigenvalue weighted by atomic mass is 16.4. The number of pyridine rings is 1. The predicted octanol–water partition coefficient (Wildman–Crippen LogP) is 0.0996. The van der Waals surface area contributed by atoms with E-state index in [9.17, 15) is 9.59 Å². The Labute approximate surface area is 104 Å². The van der Waals surface area contributed by atoms with Crippen molar-refractivity contribution in [2.75, 3.05) is 31.9 Å². The van der Waals surface area contributed by atoms with Crippen LogP contribution in [0.1, 0.15) is 10.5 Å². The molecule has 1 aromatic rings. The minimum Gasteiger partial charge on any atom is -0.465 e. The number of anilines is 1. The Morgan fingerprint density at radius 3 is 2.39 bits per heavy atom. The molecule has 1 aliphatic rings. The topological polar surface area (TPSA) is 99.8 Å². The third-order valence-electron chi connectivity index (χ3n) is 2.84. The van der Waals surface area contributed by atoms with E-state index in [1.54, 1.807) is 11.0 Å². The summed E-state index contributed by atoms with van der Waals surface area (Å²) in [5.74, 6) is -0.215. The highest BCUT2D eigenvalue weighted by Gasteiger charge is 2.24. The molecular formula is C11H14N4O3. The van der Waals surface area contributed by atoms with Crippen LogP contribution in [0.25, 0.3) is 0 Å². The largest absolute Gasteiger partial charge is 0.465 e. The smallest absolute Gasteiger partial charge is 0.407 e. The van der Waals surface area contributed by atoms with Gasteiger partial charge in [-0.2, -0.15) is 0 Å². The summed E-state index contributed by atoms with van der Waals surface area (Å²) in [6, 6.07) is 3.13. The van der Waals surface area contributed by atoms with Crippen molar-refractivity contribution >= 4 is 17.7 Å². The number of carbonyl (C=O) groups excluding carboxylic acids is 1. The normalized spacial score (nSPS) is 15.6. The highest BCUT2D eigenvalue weighted by molar-refractivity contribution is 5.93. The van der Waals surface area contributed by atoms with Crippen LogP contribution in [0.5, 0.6) is 0 Å². The number of rotatable bonds is 1. The molecule has 7 nitrogen and oxygen atoms in total. The lowest BCUT2D eigenvalue weighted by atomic mass is 10.2. The maximum absolute atomic E-state index is 12.1. The molecule has 3 N–H and O–H groups in total. The summed E-state index contributed by atoms with van der Waals surface area (Å²) in [6.45, 7) is 1.40. The van der Waals surface area contributed by atoms with Gasteiger partial charge in [-0.3, -0.25) is 9.78 Å². The fourth-order valence-corrected chi connectivity index (χ4v) is 1.83. The zero-order chi connectivity index (χ0) is 13.1. The fourth-order valence-electron chi connectivity index (χ4n) is 1.83. The Morgan fingerprint density at radius 1 is 1.22 bits per heavy atom. The Balaban J connectivity index is 2.02. The third kappa shape index (κ3) is 2.50. The van der Waals surface area contributed by atoms with Gasteiger partial charge in [0.15, 0.2) is 0 Å². The van der Waals surface area contributed by atoms with E-state index in [0.717, 1.165) is 0 Å². The number of aromatic nitrogens is 1. The van der Waals surface area contributed by atoms with Gasteiger partial charge in [-0.05, 0) is 12.1 Å². The molecule has 0 aliphatic carbocycles. The van der Waals surface area contributed by atoms with Gasteiger partial charge in [0, 0.05) is 38.1 Å². The van der Waals surface area contributed by atoms with E-state index in [1.165, 1.54) is 17.2 Å². The van der Waals surface area contributed by atoms with Gasteiger partial charge in [0.1, 0.15) is 5.69 Å². The first-order valence-electron chi connectivity index (χ1n) is 5.56. The number of nitrogen functional groups attached to an aromatic ring is 1. The third-order valence-corrected chi connectivity index (χ3v) is 2.84. The summed E-state index contributed by atoms with van der Waals surface area (Å²) in [6.07, 6.45) is 0.528. The van der Waals surface area contributed by atoms with Crippen molar-refractivity contribution in [3.63, 3.8) is 0 Å². The first-order valence-corrected chi connectivity index (χ1v) is 5.56. The number of nitrogens with zero attached hydrogens (tertiary/aromatic N) is 3. The molecule has 1 saturated heterocycles. The van der Waals surface area contributed by atoms with E-state index in [0.29, 0.717) is 37.6 Å². The maximum Gasteiger partial charge on any atom is 0.407 e. The van der Waals surface area contributed by atoms with Gasteiger partial charge >= 0.3 is 6.09 Å². The van der Waals surface area contributed by atoms with Crippen molar-refractivity contribution in [2.24, 2.45) is 0 Å². The van der Waals surface area contributed by atoms with Gasteiger partial charge in [-0.1, -0.05) is 0 Å². The van der Waals surface area contributed by atoms with Crippen LogP contribution in [-0.2, 0) is 0 Å². The van der Waals surface area contributed by atoms with Crippen LogP contribution < -0.4 is 5.73 Å². The number of hydrogen-bond acceptors (Lipinski definition) is 4. The summed E-state index contributed by atoms with van der Waals surface area (Å²) in [5.41, 5.74) is 6.37. The molecule has 96 valence electrons. The predicted molar refractivity (Wildman–Crippen MR) is 64.2 cm³/mol. The molecule has 0 spiro atoms. The lowest BCUT2D eigenvalue weighted by Gasteiger charge is -2.32. The fraction of sp³-hybridized carbons (Fsp3) is 0.364. The van der Waals surface area contributed by atoms with E-state index in [4.69, 9.17) is 10.8 Å². The number of amides is 2. The lowest BCUT2D eigenvalue weighted by Crippen LogP contribution is -2.50. The molecule has 0 saturated carbocycles. The number of piperazine rings is 1. The standard InChI is InChI=1S/C11H14N4O3/c12-8-1-2-13-9(7-8)10(16)14-3-5-15(6-4-14)11(17)18/h1-2,7H,3-6H2,(H2,12,13)(H,17,18). The van der Waals surface area contributed by atoms with Crippen LogP contribution in [-0.4, -0.2) is 58.1 Å². The molecule has 0 radical (unpaired) electrons. The first kappa shape index (κ1) is 12.2. The maximum atomic E-state index is 12.1. The zero-order valence-corrected chi connectivity index (χ0v) is 9.74. The average Bonchev–Trinajstić information content (AvgIpc) is 2.38. The second kappa shape index (κ2) is 4.91. The van der Waals surface area contributed by atoms with Crippen molar-refractivity contribution in [2.45, 2.75) is 0 Å². The van der Waals surface area contributed by atoms with Crippen LogP contribution in [0.3, 0.4) is 0 Å². The first-order chi connectivity index (χ1) is 8.58. The van der Waals surface area contributed by atoms with E-state index in [1.807, 2.05) is 0 Å². The van der Waals surface area contributed by atoms with Crippen LogP contribution >= 0.6 is 0 Å². The van der Waals surface area contributed by atoms with Gasteiger partial charge in [0.25, 0.3) is 5.91 Å². The van der Waals surface area contributed by atoms with Gasteiger partial charge < -0.3 is 20.6 Å². The molecule has 7 heteroatoms. The van der Waals surface area contributed by atoms with Gasteiger partial charge in [-0.15, -0.1) is 0 Å². The van der Waals surface area contributed by atoms with E-state index >= 15 is 0 Å². The molecule has 2 amide bonds. The van der Waals surface area contributed by atoms with Crippen molar-refractivity contribution in [3.8, 4) is 0 Å². The molecule has 2 heterocycles. The minimum absolute atomic E-state index is 0.215. The Kier molecular flexibility index (Phi) is 3.31. The molecule has 0 unspecified atom stereocenters. The van der Waals surface area contributed by atoms with Crippen molar-refractivity contribution in [1.82, 2.24) is 14.8 Å². The molecule has 0 atom stereocenters. The molecule has 1 fully saturated rings. The quantitative estimate of drug-likeness (QED) is 0.736. The van der Waals surface area contributed by atoms with Gasteiger partial charge in [0.2, 0.25) is 0 Å². The number of nitrogens with two attached hydrogens (primary N) is 1. The molecule has 1 aliphatic heterocycles. The zero-order valence-electron chi connectivity index (χ0n) is 9.74. The van der Waals surface area contributed by atoms with Crippen molar-refractivity contribution in [1.29, 1.82) is 0 Å². The van der Waals surface area contributed by atoms with E-state index in [-0.39, 0.29) is 5.91 Å². The van der Waals surface area contributed by atoms with E-state index in [2.05, 4.69) is 4.98 Å².